The van der Waals surface area contributed by atoms with E-state index < -0.39 is 0 Å². The molecule has 0 bridgehead atoms. The van der Waals surface area contributed by atoms with E-state index in [1.54, 1.807) is 0 Å². The van der Waals surface area contributed by atoms with E-state index in [1.807, 2.05) is 30.3 Å². The first-order valence-corrected chi connectivity index (χ1v) is 8.09. The molecule has 0 amide bonds. The molecule has 0 saturated heterocycles. The van der Waals surface area contributed by atoms with Crippen LogP contribution >= 0.6 is 59.0 Å². The maximum atomic E-state index is 6.50. The third kappa shape index (κ3) is 1.73. The van der Waals surface area contributed by atoms with Gasteiger partial charge in [0.25, 0.3) is 0 Å². The van der Waals surface area contributed by atoms with Crippen molar-refractivity contribution in [1.82, 2.24) is 0 Å². The van der Waals surface area contributed by atoms with Crippen LogP contribution in [0.1, 0.15) is 0 Å². The summed E-state index contributed by atoms with van der Waals surface area (Å²) in [6.07, 6.45) is 0. The van der Waals surface area contributed by atoms with Gasteiger partial charge in [-0.05, 0) is 16.2 Å². The largest absolute Gasteiger partial charge is 0.141 e. The van der Waals surface area contributed by atoms with E-state index in [2.05, 4.69) is 12.6 Å². The van der Waals surface area contributed by atoms with Crippen LogP contribution < -0.4 is 0 Å². The molecule has 0 radical (unpaired) electrons. The number of benzene rings is 4. The summed E-state index contributed by atoms with van der Waals surface area (Å²) in [6.45, 7) is 0. The Kier molecular flexibility index (Phi) is 3.15. The zero-order chi connectivity index (χ0) is 14.9. The fraction of sp³-hybridized carbons (Fsp3) is 0. The molecule has 0 aromatic heterocycles. The first-order chi connectivity index (χ1) is 10.0. The highest BCUT2D eigenvalue weighted by atomic mass is 35.5. The minimum atomic E-state index is 0.318. The lowest BCUT2D eigenvalue weighted by Gasteiger charge is -2.17. The molecule has 0 spiro atoms. The zero-order valence-corrected chi connectivity index (χ0v) is 14.3. The molecule has 0 aliphatic rings. The highest BCUT2D eigenvalue weighted by molar-refractivity contribution is 7.80. The Labute approximate surface area is 146 Å². The Bertz CT molecular complexity index is 1040. The molecule has 5 heteroatoms. The minimum absolute atomic E-state index is 0.318. The van der Waals surface area contributed by atoms with Gasteiger partial charge in [-0.1, -0.05) is 76.7 Å². The highest BCUT2D eigenvalue weighted by Crippen LogP contribution is 2.50. The second-order valence-electron chi connectivity index (χ2n) is 4.87. The van der Waals surface area contributed by atoms with Crippen LogP contribution in [0.3, 0.4) is 0 Å². The molecule has 0 atom stereocenters. The van der Waals surface area contributed by atoms with Crippen LogP contribution in [0.4, 0.5) is 0 Å². The fourth-order valence-corrected chi connectivity index (χ4v) is 4.31. The van der Waals surface area contributed by atoms with Gasteiger partial charge in [-0.15, -0.1) is 12.6 Å². The average molecular weight is 372 g/mol. The van der Waals surface area contributed by atoms with Gasteiger partial charge >= 0.3 is 0 Å². The molecule has 0 unspecified atom stereocenters. The van der Waals surface area contributed by atoms with Crippen molar-refractivity contribution in [1.29, 1.82) is 0 Å². The summed E-state index contributed by atoms with van der Waals surface area (Å²) >= 11 is 30.1. The Morgan fingerprint density at radius 2 is 1.38 bits per heavy atom. The lowest BCUT2D eigenvalue weighted by Crippen LogP contribution is -1.90. The Morgan fingerprint density at radius 3 is 2.14 bits per heavy atom. The van der Waals surface area contributed by atoms with Gasteiger partial charge in [-0.25, -0.2) is 0 Å². The van der Waals surface area contributed by atoms with Crippen molar-refractivity contribution in [3.05, 3.63) is 50.4 Å². The molecule has 0 nitrogen and oxygen atoms in total. The van der Waals surface area contributed by atoms with Gasteiger partial charge in [-0.3, -0.25) is 0 Å². The average Bonchev–Trinajstić information content (AvgIpc) is 2.50. The van der Waals surface area contributed by atoms with Gasteiger partial charge in [0.15, 0.2) is 0 Å². The molecule has 0 fully saturated rings. The van der Waals surface area contributed by atoms with E-state index in [-0.39, 0.29) is 0 Å². The SMILES string of the molecule is Sc1c(Cl)c2c(Cl)c(Cl)c(Cl)c3ccc4cccc1c4c32. The van der Waals surface area contributed by atoms with Crippen molar-refractivity contribution < 1.29 is 0 Å². The van der Waals surface area contributed by atoms with E-state index in [1.165, 1.54) is 0 Å². The first kappa shape index (κ1) is 14.0. The highest BCUT2D eigenvalue weighted by Gasteiger charge is 2.21. The Balaban J connectivity index is 2.53. The van der Waals surface area contributed by atoms with Gasteiger partial charge in [0.1, 0.15) is 0 Å². The van der Waals surface area contributed by atoms with Crippen molar-refractivity contribution in [2.45, 2.75) is 4.90 Å². The van der Waals surface area contributed by atoms with Crippen molar-refractivity contribution in [3.8, 4) is 0 Å². The van der Waals surface area contributed by atoms with E-state index in [9.17, 15) is 0 Å². The molecule has 0 heterocycles. The fourth-order valence-electron chi connectivity index (χ4n) is 2.90. The van der Waals surface area contributed by atoms with Crippen LogP contribution in [-0.4, -0.2) is 0 Å². The quantitative estimate of drug-likeness (QED) is 0.185. The predicted molar refractivity (Wildman–Crippen MR) is 97.4 cm³/mol. The monoisotopic (exact) mass is 370 g/mol. The maximum absolute atomic E-state index is 6.50. The third-order valence-electron chi connectivity index (χ3n) is 3.82. The van der Waals surface area contributed by atoms with Crippen molar-refractivity contribution >= 4 is 91.3 Å². The molecule has 4 aromatic carbocycles. The minimum Gasteiger partial charge on any atom is -0.141 e. The van der Waals surface area contributed by atoms with Gasteiger partial charge in [0.05, 0.1) is 20.1 Å². The molecule has 4 aromatic rings. The summed E-state index contributed by atoms with van der Waals surface area (Å²) in [5.74, 6) is 0. The van der Waals surface area contributed by atoms with Crippen molar-refractivity contribution in [3.63, 3.8) is 0 Å². The second kappa shape index (κ2) is 4.71. The molecule has 0 aliphatic heterocycles. The number of hydrogen-bond acceptors (Lipinski definition) is 1. The molecule has 4 rings (SSSR count). The topological polar surface area (TPSA) is 0 Å². The van der Waals surface area contributed by atoms with Crippen LogP contribution in [0, 0.1) is 0 Å². The van der Waals surface area contributed by atoms with Crippen molar-refractivity contribution in [2.75, 3.05) is 0 Å². The number of thiol groups is 1. The maximum Gasteiger partial charge on any atom is 0.0791 e. The molecule has 21 heavy (non-hydrogen) atoms. The van der Waals surface area contributed by atoms with Gasteiger partial charge in [0.2, 0.25) is 0 Å². The standard InChI is InChI=1S/C16H6Cl4S/c17-12-7-5-4-6-2-1-3-8-9(6)10(7)11(13(18)15(12)20)14(19)16(8)21/h1-5,21H. The summed E-state index contributed by atoms with van der Waals surface area (Å²) in [4.78, 5) is 0.697. The van der Waals surface area contributed by atoms with Crippen LogP contribution in [0.25, 0.3) is 32.3 Å². The van der Waals surface area contributed by atoms with Gasteiger partial charge < -0.3 is 0 Å². The summed E-state index contributed by atoms with van der Waals surface area (Å²) in [5.41, 5.74) is 0. The smallest absolute Gasteiger partial charge is 0.0791 e. The summed E-state index contributed by atoms with van der Waals surface area (Å²) in [7, 11) is 0. The van der Waals surface area contributed by atoms with E-state index in [0.717, 1.165) is 26.9 Å². The Hall–Kier alpha value is -0.570. The summed E-state index contributed by atoms with van der Waals surface area (Å²) in [6, 6.07) is 9.98. The Morgan fingerprint density at radius 1 is 0.619 bits per heavy atom. The van der Waals surface area contributed by atoms with E-state index in [4.69, 9.17) is 46.4 Å². The van der Waals surface area contributed by atoms with Crippen LogP contribution in [0.2, 0.25) is 20.1 Å². The predicted octanol–water partition coefficient (Wildman–Crippen LogP) is 7.49. The lowest BCUT2D eigenvalue weighted by atomic mass is 9.94. The number of hydrogen-bond donors (Lipinski definition) is 1. The lowest BCUT2D eigenvalue weighted by molar-refractivity contribution is 1.60. The summed E-state index contributed by atoms with van der Waals surface area (Å²) in [5, 5.41) is 7.25. The normalized spacial score (nSPS) is 12.0. The summed E-state index contributed by atoms with van der Waals surface area (Å²) < 4.78 is 0. The molecule has 0 N–H and O–H groups in total. The molecule has 104 valence electrons. The molecular weight excluding hydrogens is 366 g/mol. The first-order valence-electron chi connectivity index (χ1n) is 6.13. The van der Waals surface area contributed by atoms with E-state index >= 15 is 0 Å². The van der Waals surface area contributed by atoms with Gasteiger partial charge in [0, 0.05) is 21.1 Å². The number of halogens is 4. The molecule has 0 aliphatic carbocycles. The second-order valence-corrected chi connectivity index (χ2v) is 6.83. The van der Waals surface area contributed by atoms with Gasteiger partial charge in [-0.2, -0.15) is 0 Å². The third-order valence-corrected chi connectivity index (χ3v) is 6.14. The van der Waals surface area contributed by atoms with Crippen LogP contribution in [0.15, 0.2) is 35.2 Å². The van der Waals surface area contributed by atoms with Crippen molar-refractivity contribution in [2.24, 2.45) is 0 Å². The zero-order valence-electron chi connectivity index (χ0n) is 10.3. The van der Waals surface area contributed by atoms with E-state index in [0.29, 0.717) is 30.4 Å². The number of rotatable bonds is 0. The molecular formula is C16H6Cl4S. The molecule has 0 saturated carbocycles. The van der Waals surface area contributed by atoms with Crippen LogP contribution in [0.5, 0.6) is 0 Å². The van der Waals surface area contributed by atoms with Crippen LogP contribution in [-0.2, 0) is 0 Å².